The quantitative estimate of drug-likeness (QED) is 0.526. The standard InChI is InChI=1S/C22H28ClN5O4S/c1-14(29)19(26-20(30)17-8-9-18(23)33-17)25-15-6-5-7-16(12-15)28-11-10-27(13-24-28)21(31)32-22(2,3)4/h5-9,12-14,19,25,29H,10-11H2,1-4H3,(H,26,30)/t14-,19?/m1/s1. The number of nitrogens with one attached hydrogen (secondary N) is 2. The van der Waals surface area contributed by atoms with Crippen LogP contribution in [-0.2, 0) is 4.74 Å². The van der Waals surface area contributed by atoms with Gasteiger partial charge in [-0.2, -0.15) is 5.10 Å². The Kier molecular flexibility index (Phi) is 7.83. The summed E-state index contributed by atoms with van der Waals surface area (Å²) in [5.41, 5.74) is 0.904. The largest absolute Gasteiger partial charge is 0.443 e. The average molecular weight is 494 g/mol. The molecule has 3 N–H and O–H groups in total. The lowest BCUT2D eigenvalue weighted by Crippen LogP contribution is -2.47. The van der Waals surface area contributed by atoms with Crippen molar-refractivity contribution >= 4 is 52.7 Å². The van der Waals surface area contributed by atoms with E-state index in [1.54, 1.807) is 24.1 Å². The minimum absolute atomic E-state index is 0.329. The van der Waals surface area contributed by atoms with Gasteiger partial charge in [-0.3, -0.25) is 14.7 Å². The molecular weight excluding hydrogens is 466 g/mol. The third-order valence-electron chi connectivity index (χ3n) is 4.54. The zero-order valence-corrected chi connectivity index (χ0v) is 20.5. The third-order valence-corrected chi connectivity index (χ3v) is 5.77. The van der Waals surface area contributed by atoms with E-state index in [0.717, 1.165) is 5.69 Å². The normalized spacial score (nSPS) is 15.7. The number of thiophene rings is 1. The number of hydrogen-bond donors (Lipinski definition) is 3. The van der Waals surface area contributed by atoms with Crippen LogP contribution in [0.15, 0.2) is 41.5 Å². The molecule has 0 aliphatic carbocycles. The fourth-order valence-electron chi connectivity index (χ4n) is 2.96. The maximum absolute atomic E-state index is 12.5. The molecule has 1 aromatic heterocycles. The van der Waals surface area contributed by atoms with Crippen molar-refractivity contribution in [2.45, 2.75) is 45.6 Å². The Morgan fingerprint density at radius 3 is 2.58 bits per heavy atom. The van der Waals surface area contributed by atoms with Crippen molar-refractivity contribution in [1.82, 2.24) is 10.2 Å². The van der Waals surface area contributed by atoms with E-state index in [1.807, 2.05) is 45.0 Å². The van der Waals surface area contributed by atoms with Crippen LogP contribution in [0.25, 0.3) is 0 Å². The van der Waals surface area contributed by atoms with Crippen LogP contribution in [0.2, 0.25) is 4.34 Å². The van der Waals surface area contributed by atoms with E-state index in [1.165, 1.54) is 22.6 Å². The highest BCUT2D eigenvalue weighted by atomic mass is 35.5. The number of rotatable bonds is 6. The van der Waals surface area contributed by atoms with Crippen LogP contribution in [0.4, 0.5) is 16.2 Å². The van der Waals surface area contributed by atoms with Crippen LogP contribution in [-0.4, -0.2) is 59.3 Å². The molecule has 11 heteroatoms. The predicted molar refractivity (Wildman–Crippen MR) is 131 cm³/mol. The van der Waals surface area contributed by atoms with Crippen LogP contribution in [0, 0.1) is 0 Å². The predicted octanol–water partition coefficient (Wildman–Crippen LogP) is 3.95. The molecule has 33 heavy (non-hydrogen) atoms. The first-order chi connectivity index (χ1) is 15.5. The lowest BCUT2D eigenvalue weighted by molar-refractivity contribution is 0.0374. The lowest BCUT2D eigenvalue weighted by atomic mass is 10.2. The Bertz CT molecular complexity index is 1020. The molecule has 178 valence electrons. The van der Waals surface area contributed by atoms with E-state index in [4.69, 9.17) is 16.3 Å². The number of halogens is 1. The van der Waals surface area contributed by atoms with E-state index < -0.39 is 24.0 Å². The van der Waals surface area contributed by atoms with Crippen LogP contribution in [0.5, 0.6) is 0 Å². The van der Waals surface area contributed by atoms with Gasteiger partial charge in [0.15, 0.2) is 0 Å². The van der Waals surface area contributed by atoms with Crippen molar-refractivity contribution in [3.8, 4) is 0 Å². The first-order valence-electron chi connectivity index (χ1n) is 10.4. The van der Waals surface area contributed by atoms with Gasteiger partial charge in [0, 0.05) is 12.2 Å². The molecule has 0 spiro atoms. The Labute approximate surface area is 202 Å². The van der Waals surface area contributed by atoms with Gasteiger partial charge in [0.25, 0.3) is 5.91 Å². The lowest BCUT2D eigenvalue weighted by Gasteiger charge is -2.30. The second kappa shape index (κ2) is 10.4. The van der Waals surface area contributed by atoms with Crippen molar-refractivity contribution in [2.75, 3.05) is 23.4 Å². The monoisotopic (exact) mass is 493 g/mol. The first kappa shape index (κ1) is 24.8. The SMILES string of the molecule is C[C@@H](O)C(NC(=O)c1ccc(Cl)s1)Nc1cccc(N2CCN(C(=O)OC(C)(C)C)C=N2)c1. The zero-order valence-electron chi connectivity index (χ0n) is 18.9. The van der Waals surface area contributed by atoms with E-state index in [0.29, 0.717) is 28.0 Å². The summed E-state index contributed by atoms with van der Waals surface area (Å²) in [5, 5.41) is 22.2. The molecule has 2 aromatic rings. The van der Waals surface area contributed by atoms with Crippen molar-refractivity contribution in [3.05, 3.63) is 45.6 Å². The summed E-state index contributed by atoms with van der Waals surface area (Å²) in [7, 11) is 0. The van der Waals surface area contributed by atoms with Crippen LogP contribution < -0.4 is 15.6 Å². The van der Waals surface area contributed by atoms with E-state index in [2.05, 4.69) is 15.7 Å². The molecule has 0 radical (unpaired) electrons. The van der Waals surface area contributed by atoms with Crippen LogP contribution in [0.1, 0.15) is 37.4 Å². The van der Waals surface area contributed by atoms with Crippen molar-refractivity contribution in [2.24, 2.45) is 5.10 Å². The number of ether oxygens (including phenoxy) is 1. The number of aliphatic hydroxyl groups excluding tert-OH is 1. The van der Waals surface area contributed by atoms with E-state index in [9.17, 15) is 14.7 Å². The second-order valence-electron chi connectivity index (χ2n) is 8.52. The molecule has 1 aliphatic rings. The summed E-state index contributed by atoms with van der Waals surface area (Å²) in [6.45, 7) is 7.93. The van der Waals surface area contributed by atoms with Crippen molar-refractivity contribution in [1.29, 1.82) is 0 Å². The van der Waals surface area contributed by atoms with Gasteiger partial charge < -0.3 is 20.5 Å². The molecule has 1 aromatic carbocycles. The Balaban J connectivity index is 1.65. The molecule has 0 fully saturated rings. The van der Waals surface area contributed by atoms with Crippen LogP contribution in [0.3, 0.4) is 0 Å². The van der Waals surface area contributed by atoms with Gasteiger partial charge in [0.1, 0.15) is 18.1 Å². The van der Waals surface area contributed by atoms with Crippen molar-refractivity contribution in [3.63, 3.8) is 0 Å². The molecule has 0 bridgehead atoms. The number of carbonyl (C=O) groups is 2. The smallest absolute Gasteiger partial charge is 0.415 e. The summed E-state index contributed by atoms with van der Waals surface area (Å²) >= 11 is 7.07. The van der Waals surface area contributed by atoms with Gasteiger partial charge in [0.2, 0.25) is 0 Å². The molecule has 9 nitrogen and oxygen atoms in total. The van der Waals surface area contributed by atoms with Crippen molar-refractivity contribution < 1.29 is 19.4 Å². The number of aliphatic hydroxyl groups is 1. The number of hydrogen-bond acceptors (Lipinski definition) is 8. The Morgan fingerprint density at radius 1 is 1.24 bits per heavy atom. The summed E-state index contributed by atoms with van der Waals surface area (Å²) in [6.07, 6.45) is -0.573. The van der Waals surface area contributed by atoms with Gasteiger partial charge >= 0.3 is 6.09 Å². The van der Waals surface area contributed by atoms with Gasteiger partial charge in [-0.15, -0.1) is 11.3 Å². The molecular formula is C22H28ClN5O4S. The maximum atomic E-state index is 12.5. The number of nitrogens with zero attached hydrogens (tertiary/aromatic N) is 3. The molecule has 3 rings (SSSR count). The van der Waals surface area contributed by atoms with Crippen LogP contribution >= 0.6 is 22.9 Å². The summed E-state index contributed by atoms with van der Waals surface area (Å²) in [6, 6.07) is 10.7. The number of hydrazone groups is 1. The Morgan fingerprint density at radius 2 is 2.00 bits per heavy atom. The van der Waals surface area contributed by atoms with E-state index >= 15 is 0 Å². The number of amides is 2. The minimum atomic E-state index is -0.858. The summed E-state index contributed by atoms with van der Waals surface area (Å²) < 4.78 is 5.89. The van der Waals surface area contributed by atoms with E-state index in [-0.39, 0.29) is 5.91 Å². The molecule has 2 heterocycles. The number of anilines is 2. The Hall–Kier alpha value is -2.82. The topological polar surface area (TPSA) is 106 Å². The number of carbonyl (C=O) groups excluding carboxylic acids is 2. The fraction of sp³-hybridized carbons (Fsp3) is 0.409. The molecule has 2 amide bonds. The molecule has 1 aliphatic heterocycles. The first-order valence-corrected chi connectivity index (χ1v) is 11.6. The highest BCUT2D eigenvalue weighted by Gasteiger charge is 2.24. The zero-order chi connectivity index (χ0) is 24.2. The molecule has 2 atom stereocenters. The summed E-state index contributed by atoms with van der Waals surface area (Å²) in [5.74, 6) is -0.329. The number of benzene rings is 1. The van der Waals surface area contributed by atoms with Gasteiger partial charge in [-0.25, -0.2) is 4.79 Å². The third kappa shape index (κ3) is 7.08. The summed E-state index contributed by atoms with van der Waals surface area (Å²) in [4.78, 5) is 26.6. The fourth-order valence-corrected chi connectivity index (χ4v) is 3.91. The average Bonchev–Trinajstić information content (AvgIpc) is 3.19. The molecule has 1 unspecified atom stereocenters. The minimum Gasteiger partial charge on any atom is -0.443 e. The van der Waals surface area contributed by atoms with Gasteiger partial charge in [-0.05, 0) is 58.0 Å². The van der Waals surface area contributed by atoms with Gasteiger partial charge in [0.05, 0.1) is 27.5 Å². The highest BCUT2D eigenvalue weighted by molar-refractivity contribution is 7.18. The highest BCUT2D eigenvalue weighted by Crippen LogP contribution is 2.23. The van der Waals surface area contributed by atoms with Gasteiger partial charge in [-0.1, -0.05) is 17.7 Å². The second-order valence-corrected chi connectivity index (χ2v) is 10.2. The molecule has 0 saturated carbocycles. The maximum Gasteiger partial charge on any atom is 0.415 e. The molecule has 0 saturated heterocycles.